The summed E-state index contributed by atoms with van der Waals surface area (Å²) in [7, 11) is 0. The second-order valence-electron chi connectivity index (χ2n) is 4.72. The van der Waals surface area contributed by atoms with Gasteiger partial charge in [-0.05, 0) is 43.3 Å². The Balaban J connectivity index is 0.00000264. The molecule has 0 heterocycles. The summed E-state index contributed by atoms with van der Waals surface area (Å²) >= 11 is 5.74. The molecule has 0 aliphatic carbocycles. The van der Waals surface area contributed by atoms with Gasteiger partial charge in [0.05, 0.1) is 0 Å². The van der Waals surface area contributed by atoms with Crippen LogP contribution >= 0.6 is 11.6 Å². The van der Waals surface area contributed by atoms with E-state index in [-0.39, 0.29) is 29.8 Å². The molecule has 1 amide bonds. The smallest absolute Gasteiger partial charge is 0.296 e. The van der Waals surface area contributed by atoms with Gasteiger partial charge in [0.1, 0.15) is 5.76 Å². The number of aliphatic hydroxyl groups excluding tert-OH is 1. The van der Waals surface area contributed by atoms with Gasteiger partial charge in [0.2, 0.25) is 5.78 Å². The Hall–Kier alpha value is -2.05. The number of nitrogens with one attached hydrogen (secondary N) is 1. The van der Waals surface area contributed by atoms with Gasteiger partial charge in [0, 0.05) is 40.9 Å². The number of benzene rings is 2. The third-order valence-electron chi connectivity index (χ3n) is 2.94. The van der Waals surface area contributed by atoms with E-state index in [1.807, 2.05) is 19.1 Å². The summed E-state index contributed by atoms with van der Waals surface area (Å²) in [6, 6.07) is 13.3. The number of hydrogen-bond donors (Lipinski definition) is 2. The van der Waals surface area contributed by atoms with Crippen LogP contribution in [0.15, 0.2) is 54.6 Å². The normalized spacial score (nSPS) is 10.2. The molecule has 0 spiro atoms. The van der Waals surface area contributed by atoms with Crippen molar-refractivity contribution in [3.63, 3.8) is 0 Å². The van der Waals surface area contributed by atoms with Crippen molar-refractivity contribution >= 4 is 34.7 Å². The van der Waals surface area contributed by atoms with Crippen molar-refractivity contribution in [2.45, 2.75) is 6.92 Å². The van der Waals surface area contributed by atoms with E-state index >= 15 is 0 Å². The van der Waals surface area contributed by atoms with Gasteiger partial charge in [-0.25, -0.2) is 0 Å². The molecule has 0 unspecified atom stereocenters. The summed E-state index contributed by atoms with van der Waals surface area (Å²) < 4.78 is 0. The summed E-state index contributed by atoms with van der Waals surface area (Å²) in [4.78, 5) is 23.6. The number of aryl methyl sites for hydroxylation is 1. The zero-order valence-electron chi connectivity index (χ0n) is 12.7. The van der Waals surface area contributed by atoms with Gasteiger partial charge in [-0.2, -0.15) is 0 Å². The number of aliphatic hydroxyl groups is 1. The summed E-state index contributed by atoms with van der Waals surface area (Å²) in [5.41, 5.74) is 1.97. The van der Waals surface area contributed by atoms with E-state index in [0.29, 0.717) is 16.3 Å². The van der Waals surface area contributed by atoms with Crippen LogP contribution < -0.4 is 5.32 Å². The molecule has 1 radical (unpaired) electrons. The second-order valence-corrected chi connectivity index (χ2v) is 5.16. The van der Waals surface area contributed by atoms with Crippen LogP contribution in [0.25, 0.3) is 5.76 Å². The average Bonchev–Trinajstić information content (AvgIpc) is 2.50. The summed E-state index contributed by atoms with van der Waals surface area (Å²) in [6.07, 6.45) is 0.882. The van der Waals surface area contributed by atoms with Gasteiger partial charge in [-0.15, -0.1) is 0 Å². The Morgan fingerprint density at radius 3 is 2.12 bits per heavy atom. The van der Waals surface area contributed by atoms with E-state index in [9.17, 15) is 14.7 Å². The van der Waals surface area contributed by atoms with Crippen LogP contribution in [0.1, 0.15) is 11.1 Å². The summed E-state index contributed by atoms with van der Waals surface area (Å²) in [5, 5.41) is 12.8. The number of halogens is 1. The first-order chi connectivity index (χ1) is 10.5. The number of anilines is 1. The summed E-state index contributed by atoms with van der Waals surface area (Å²) in [6.45, 7) is 1.92. The molecule has 5 nitrogen and oxygen atoms in total. The average molecular weight is 383 g/mol. The van der Waals surface area contributed by atoms with Gasteiger partial charge in [-0.3, -0.25) is 9.59 Å². The molecular weight excluding hydrogens is 369 g/mol. The first kappa shape index (κ1) is 22.0. The minimum absolute atomic E-state index is 0. The van der Waals surface area contributed by atoms with Crippen molar-refractivity contribution in [2.24, 2.45) is 0 Å². The van der Waals surface area contributed by atoms with Crippen molar-refractivity contribution in [3.8, 4) is 0 Å². The number of hydrogen-bond acceptors (Lipinski definition) is 3. The molecule has 0 aliphatic rings. The van der Waals surface area contributed by atoms with Gasteiger partial charge < -0.3 is 15.9 Å². The van der Waals surface area contributed by atoms with Crippen molar-refractivity contribution in [1.82, 2.24) is 0 Å². The Kier molecular flexibility index (Phi) is 9.10. The van der Waals surface area contributed by atoms with Crippen LogP contribution in [0.5, 0.6) is 0 Å². The van der Waals surface area contributed by atoms with Crippen molar-refractivity contribution in [1.29, 1.82) is 0 Å². The van der Waals surface area contributed by atoms with Gasteiger partial charge in [0.25, 0.3) is 5.91 Å². The standard InChI is InChI=1S/C17H14ClNO3.O.V/c1-11-2-8-14(9-3-11)19-17(22)16(21)10-15(20)12-4-6-13(18)7-5-12;;/h2-10,20H,1H3,(H,19,22);;/q;-2;/b15-10-;;. The van der Waals surface area contributed by atoms with Gasteiger partial charge in [-0.1, -0.05) is 29.3 Å². The van der Waals surface area contributed by atoms with Crippen molar-refractivity contribution < 1.29 is 38.7 Å². The quantitative estimate of drug-likeness (QED) is 0.480. The maximum Gasteiger partial charge on any atom is 0.296 e. The van der Waals surface area contributed by atoms with E-state index in [1.54, 1.807) is 36.4 Å². The molecule has 2 rings (SSSR count). The molecule has 0 saturated heterocycles. The van der Waals surface area contributed by atoms with E-state index in [1.165, 1.54) is 0 Å². The third-order valence-corrected chi connectivity index (χ3v) is 3.19. The zero-order chi connectivity index (χ0) is 16.1. The van der Waals surface area contributed by atoms with E-state index in [2.05, 4.69) is 5.32 Å². The molecule has 2 aromatic rings. The topological polar surface area (TPSA) is 94.9 Å². The maximum atomic E-state index is 11.8. The van der Waals surface area contributed by atoms with Crippen LogP contribution in [0.4, 0.5) is 5.69 Å². The summed E-state index contributed by atoms with van der Waals surface area (Å²) in [5.74, 6) is -1.95. The van der Waals surface area contributed by atoms with Crippen LogP contribution in [-0.4, -0.2) is 16.8 Å². The number of ketones is 1. The largest absolute Gasteiger partial charge is 2.00 e. The SMILES string of the molecule is Cc1ccc(NC(=O)C(=O)/C=C(\O)c2ccc(Cl)cc2)cc1.[O-2].[V]. The molecule has 0 fully saturated rings. The van der Waals surface area contributed by atoms with Crippen LogP contribution in [0.2, 0.25) is 5.02 Å². The Morgan fingerprint density at radius 2 is 1.58 bits per heavy atom. The van der Waals surface area contributed by atoms with Crippen LogP contribution in [0, 0.1) is 6.92 Å². The van der Waals surface area contributed by atoms with E-state index in [0.717, 1.165) is 11.6 Å². The molecule has 0 atom stereocenters. The zero-order valence-corrected chi connectivity index (χ0v) is 14.8. The molecule has 2 aromatic carbocycles. The molecule has 0 saturated carbocycles. The fourth-order valence-corrected chi connectivity index (χ4v) is 1.85. The molecule has 0 aliphatic heterocycles. The predicted octanol–water partition coefficient (Wildman–Crippen LogP) is 3.63. The molecule has 0 aromatic heterocycles. The molecule has 2 N–H and O–H groups in total. The van der Waals surface area contributed by atoms with Crippen LogP contribution in [-0.2, 0) is 33.6 Å². The predicted molar refractivity (Wildman–Crippen MR) is 87.6 cm³/mol. The monoisotopic (exact) mass is 382 g/mol. The molecule has 0 bridgehead atoms. The fraction of sp³-hybridized carbons (Fsp3) is 0.0588. The number of amides is 1. The van der Waals surface area contributed by atoms with E-state index in [4.69, 9.17) is 11.6 Å². The number of carbonyl (C=O) groups excluding carboxylic acids is 2. The van der Waals surface area contributed by atoms with Gasteiger partial charge >= 0.3 is 0 Å². The first-order valence-corrected chi connectivity index (χ1v) is 6.92. The van der Waals surface area contributed by atoms with Crippen molar-refractivity contribution in [3.05, 3.63) is 70.8 Å². The van der Waals surface area contributed by atoms with E-state index < -0.39 is 11.7 Å². The minimum atomic E-state index is -0.840. The Morgan fingerprint density at radius 1 is 1.04 bits per heavy atom. The fourth-order valence-electron chi connectivity index (χ4n) is 1.72. The molecule has 24 heavy (non-hydrogen) atoms. The molecular formula is C17H14ClNO4V-2. The Labute approximate surface area is 156 Å². The first-order valence-electron chi connectivity index (χ1n) is 6.54. The third kappa shape index (κ3) is 6.22. The maximum absolute atomic E-state index is 11.8. The van der Waals surface area contributed by atoms with Gasteiger partial charge in [0.15, 0.2) is 0 Å². The molecule has 7 heteroatoms. The van der Waals surface area contributed by atoms with Crippen LogP contribution in [0.3, 0.4) is 0 Å². The minimum Gasteiger partial charge on any atom is -2.00 e. The second kappa shape index (κ2) is 9.95. The number of rotatable bonds is 4. The molecule has 125 valence electrons. The number of carbonyl (C=O) groups is 2. The van der Waals surface area contributed by atoms with Crippen molar-refractivity contribution in [2.75, 3.05) is 5.32 Å². The Bertz CT molecular complexity index is 727.